The average Bonchev–Trinajstić information content (AvgIpc) is 2.77. The monoisotopic (exact) mass is 478 g/mol. The number of thioether (sulfide) groups is 1. The maximum Gasteiger partial charge on any atom is 0.264 e. The quantitative estimate of drug-likeness (QED) is 0.361. The van der Waals surface area contributed by atoms with Gasteiger partial charge < -0.3 is 5.32 Å². The molecule has 0 saturated carbocycles. The number of carbonyl (C=O) groups excluding carboxylic acids is 1. The summed E-state index contributed by atoms with van der Waals surface area (Å²) in [6, 6.07) is 20.4. The van der Waals surface area contributed by atoms with Gasteiger partial charge in [-0.1, -0.05) is 41.9 Å². The van der Waals surface area contributed by atoms with E-state index in [9.17, 15) is 17.6 Å². The second kappa shape index (κ2) is 10.7. The Kier molecular flexibility index (Phi) is 7.95. The third kappa shape index (κ3) is 6.22. The fourth-order valence-corrected chi connectivity index (χ4v) is 5.09. The summed E-state index contributed by atoms with van der Waals surface area (Å²) >= 11 is 7.38. The summed E-state index contributed by atoms with van der Waals surface area (Å²) in [5.74, 6) is -0.675. The van der Waals surface area contributed by atoms with Gasteiger partial charge in [-0.3, -0.25) is 9.10 Å². The Hall–Kier alpha value is -2.55. The van der Waals surface area contributed by atoms with Crippen LogP contribution < -0.4 is 9.62 Å². The zero-order chi connectivity index (χ0) is 22.3. The molecule has 1 N–H and O–H groups in total. The fraction of sp³-hybridized carbons (Fsp3) is 0.136. The van der Waals surface area contributed by atoms with Crippen molar-refractivity contribution >= 4 is 45.0 Å². The molecule has 3 rings (SSSR count). The summed E-state index contributed by atoms with van der Waals surface area (Å²) < 4.78 is 41.5. The van der Waals surface area contributed by atoms with Crippen molar-refractivity contribution in [2.45, 2.75) is 9.79 Å². The van der Waals surface area contributed by atoms with Crippen LogP contribution in [0.25, 0.3) is 0 Å². The first-order chi connectivity index (χ1) is 14.9. The smallest absolute Gasteiger partial charge is 0.264 e. The van der Waals surface area contributed by atoms with Crippen LogP contribution in [0, 0.1) is 5.82 Å². The van der Waals surface area contributed by atoms with Crippen LogP contribution >= 0.6 is 23.4 Å². The summed E-state index contributed by atoms with van der Waals surface area (Å²) in [5, 5.41) is 3.34. The van der Waals surface area contributed by atoms with Gasteiger partial charge in [0.05, 0.1) is 10.6 Å². The molecule has 3 aromatic carbocycles. The molecule has 3 aromatic rings. The highest BCUT2D eigenvalue weighted by molar-refractivity contribution is 7.99. The number of rotatable bonds is 9. The van der Waals surface area contributed by atoms with Gasteiger partial charge in [-0.25, -0.2) is 12.8 Å². The Bertz CT molecular complexity index is 1130. The van der Waals surface area contributed by atoms with E-state index in [4.69, 9.17) is 11.6 Å². The van der Waals surface area contributed by atoms with Gasteiger partial charge in [0.15, 0.2) is 0 Å². The van der Waals surface area contributed by atoms with Crippen molar-refractivity contribution in [3.8, 4) is 0 Å². The Morgan fingerprint density at radius 3 is 2.29 bits per heavy atom. The summed E-state index contributed by atoms with van der Waals surface area (Å²) in [7, 11) is -4.13. The molecule has 1 amide bonds. The van der Waals surface area contributed by atoms with Gasteiger partial charge >= 0.3 is 0 Å². The SMILES string of the molecule is O=C(CN(c1ccccc1F)S(=O)(=O)c1ccccc1)NCCSc1ccc(Cl)cc1. The van der Waals surface area contributed by atoms with E-state index < -0.39 is 28.3 Å². The Balaban J connectivity index is 1.69. The average molecular weight is 479 g/mol. The van der Waals surface area contributed by atoms with Crippen molar-refractivity contribution < 1.29 is 17.6 Å². The molecular weight excluding hydrogens is 459 g/mol. The van der Waals surface area contributed by atoms with Gasteiger partial charge in [0, 0.05) is 22.2 Å². The number of hydrogen-bond donors (Lipinski definition) is 1. The molecule has 0 aliphatic heterocycles. The molecule has 0 aliphatic rings. The minimum atomic E-state index is -4.13. The Morgan fingerprint density at radius 1 is 0.968 bits per heavy atom. The lowest BCUT2D eigenvalue weighted by Crippen LogP contribution is -2.41. The predicted molar refractivity (Wildman–Crippen MR) is 123 cm³/mol. The van der Waals surface area contributed by atoms with Crippen LogP contribution in [0.4, 0.5) is 10.1 Å². The van der Waals surface area contributed by atoms with Gasteiger partial charge in [-0.15, -0.1) is 11.8 Å². The van der Waals surface area contributed by atoms with Crippen LogP contribution in [0.5, 0.6) is 0 Å². The van der Waals surface area contributed by atoms with Gasteiger partial charge in [0.1, 0.15) is 12.4 Å². The molecule has 0 heterocycles. The first kappa shape index (κ1) is 23.1. The maximum absolute atomic E-state index is 14.4. The molecule has 0 aliphatic carbocycles. The molecule has 162 valence electrons. The van der Waals surface area contributed by atoms with Crippen LogP contribution in [-0.2, 0) is 14.8 Å². The summed E-state index contributed by atoms with van der Waals surface area (Å²) in [5.41, 5.74) is -0.183. The van der Waals surface area contributed by atoms with Crippen molar-refractivity contribution in [3.05, 3.63) is 89.7 Å². The molecular formula is C22H20ClFN2O3S2. The molecule has 9 heteroatoms. The van der Waals surface area contributed by atoms with Crippen molar-refractivity contribution in [1.82, 2.24) is 5.32 Å². The highest BCUT2D eigenvalue weighted by Crippen LogP contribution is 2.26. The van der Waals surface area contributed by atoms with Gasteiger partial charge in [0.2, 0.25) is 5.91 Å². The van der Waals surface area contributed by atoms with Gasteiger partial charge in [-0.2, -0.15) is 0 Å². The van der Waals surface area contributed by atoms with Crippen molar-refractivity contribution in [2.24, 2.45) is 0 Å². The highest BCUT2D eigenvalue weighted by atomic mass is 35.5. The predicted octanol–water partition coefficient (Wildman–Crippen LogP) is 4.58. The van der Waals surface area contributed by atoms with E-state index in [0.717, 1.165) is 15.3 Å². The van der Waals surface area contributed by atoms with E-state index in [-0.39, 0.29) is 10.6 Å². The maximum atomic E-state index is 14.4. The minimum Gasteiger partial charge on any atom is -0.354 e. The number of nitrogens with one attached hydrogen (secondary N) is 1. The van der Waals surface area contributed by atoms with E-state index in [1.807, 2.05) is 12.1 Å². The molecule has 0 unspecified atom stereocenters. The summed E-state index contributed by atoms with van der Waals surface area (Å²) in [4.78, 5) is 13.5. The molecule has 0 spiro atoms. The van der Waals surface area contributed by atoms with Crippen LogP contribution in [0.3, 0.4) is 0 Å². The zero-order valence-corrected chi connectivity index (χ0v) is 18.8. The second-order valence-electron chi connectivity index (χ2n) is 6.43. The molecule has 31 heavy (non-hydrogen) atoms. The number of amides is 1. The van der Waals surface area contributed by atoms with Crippen molar-refractivity contribution in [3.63, 3.8) is 0 Å². The van der Waals surface area contributed by atoms with E-state index in [2.05, 4.69) is 5.32 Å². The topological polar surface area (TPSA) is 66.5 Å². The molecule has 0 atom stereocenters. The van der Waals surface area contributed by atoms with E-state index in [1.165, 1.54) is 42.1 Å². The lowest BCUT2D eigenvalue weighted by Gasteiger charge is -2.24. The summed E-state index contributed by atoms with van der Waals surface area (Å²) in [6.07, 6.45) is 0. The lowest BCUT2D eigenvalue weighted by atomic mass is 10.3. The zero-order valence-electron chi connectivity index (χ0n) is 16.4. The highest BCUT2D eigenvalue weighted by Gasteiger charge is 2.28. The van der Waals surface area contributed by atoms with Crippen LogP contribution in [0.1, 0.15) is 0 Å². The number of para-hydroxylation sites is 1. The van der Waals surface area contributed by atoms with Crippen LogP contribution in [0.2, 0.25) is 5.02 Å². The Morgan fingerprint density at radius 2 is 1.61 bits per heavy atom. The fourth-order valence-electron chi connectivity index (χ4n) is 2.75. The number of halogens is 2. The second-order valence-corrected chi connectivity index (χ2v) is 9.90. The number of benzene rings is 3. The number of carbonyl (C=O) groups is 1. The standard InChI is InChI=1S/C22H20ClFN2O3S2/c23-17-10-12-18(13-11-17)30-15-14-25-22(27)16-26(21-9-5-4-8-20(21)24)31(28,29)19-6-2-1-3-7-19/h1-13H,14-16H2,(H,25,27). The number of nitrogens with zero attached hydrogens (tertiary/aromatic N) is 1. The van der Waals surface area contributed by atoms with Gasteiger partial charge in [0.25, 0.3) is 10.0 Å². The van der Waals surface area contributed by atoms with Crippen LogP contribution in [-0.4, -0.2) is 33.2 Å². The first-order valence-corrected chi connectivity index (χ1v) is 12.2. The number of anilines is 1. The molecule has 0 radical (unpaired) electrons. The third-order valence-electron chi connectivity index (χ3n) is 4.25. The molecule has 0 bridgehead atoms. The minimum absolute atomic E-state index is 0.0238. The van der Waals surface area contributed by atoms with Crippen molar-refractivity contribution in [2.75, 3.05) is 23.1 Å². The van der Waals surface area contributed by atoms with E-state index >= 15 is 0 Å². The summed E-state index contributed by atoms with van der Waals surface area (Å²) in [6.45, 7) is -0.216. The van der Waals surface area contributed by atoms with Crippen LogP contribution in [0.15, 0.2) is 88.7 Å². The Labute approximate surface area is 190 Å². The molecule has 0 saturated heterocycles. The molecule has 5 nitrogen and oxygen atoms in total. The molecule has 0 aromatic heterocycles. The number of hydrogen-bond acceptors (Lipinski definition) is 4. The van der Waals surface area contributed by atoms with Crippen molar-refractivity contribution in [1.29, 1.82) is 0 Å². The number of sulfonamides is 1. The molecule has 0 fully saturated rings. The van der Waals surface area contributed by atoms with E-state index in [1.54, 1.807) is 30.3 Å². The van der Waals surface area contributed by atoms with E-state index in [0.29, 0.717) is 17.3 Å². The largest absolute Gasteiger partial charge is 0.354 e. The van der Waals surface area contributed by atoms with Gasteiger partial charge in [-0.05, 0) is 48.5 Å². The normalized spacial score (nSPS) is 11.2. The lowest BCUT2D eigenvalue weighted by molar-refractivity contribution is -0.119. The first-order valence-electron chi connectivity index (χ1n) is 9.35. The third-order valence-corrected chi connectivity index (χ3v) is 7.29.